The number of benzene rings is 1. The molecule has 1 heterocycles. The molecule has 0 fully saturated rings. The molecule has 0 aliphatic rings. The second kappa shape index (κ2) is 8.65. The first-order valence-electron chi connectivity index (χ1n) is 7.84. The Labute approximate surface area is 142 Å². The summed E-state index contributed by atoms with van der Waals surface area (Å²) in [5.41, 5.74) is 0.884. The molecule has 0 unspecified atom stereocenters. The summed E-state index contributed by atoms with van der Waals surface area (Å²) in [5, 5.41) is 2.71. The highest BCUT2D eigenvalue weighted by atomic mass is 32.2. The van der Waals surface area contributed by atoms with Gasteiger partial charge in [-0.1, -0.05) is 37.3 Å². The van der Waals surface area contributed by atoms with Crippen LogP contribution in [0, 0.1) is 0 Å². The van der Waals surface area contributed by atoms with Gasteiger partial charge in [-0.25, -0.2) is 13.1 Å². The number of sulfonamides is 1. The molecular weight excluding hydrogens is 328 g/mol. The summed E-state index contributed by atoms with van der Waals surface area (Å²) in [5.74, 6) is 0.220. The van der Waals surface area contributed by atoms with Crippen molar-refractivity contribution in [1.82, 2.24) is 10.0 Å². The monoisotopic (exact) mass is 350 g/mol. The van der Waals surface area contributed by atoms with Crippen molar-refractivity contribution in [2.75, 3.05) is 5.75 Å². The maximum atomic E-state index is 12.4. The predicted molar refractivity (Wildman–Crippen MR) is 91.7 cm³/mol. The summed E-state index contributed by atoms with van der Waals surface area (Å²) >= 11 is 0. The van der Waals surface area contributed by atoms with Crippen LogP contribution in [-0.4, -0.2) is 26.1 Å². The Balaban J connectivity index is 2.07. The molecule has 130 valence electrons. The second-order valence-corrected chi connectivity index (χ2v) is 7.35. The summed E-state index contributed by atoms with van der Waals surface area (Å²) in [6.45, 7) is 2.00. The number of rotatable bonds is 9. The van der Waals surface area contributed by atoms with Gasteiger partial charge in [0.2, 0.25) is 15.9 Å². The number of amides is 1. The van der Waals surface area contributed by atoms with E-state index in [1.165, 1.54) is 6.26 Å². The van der Waals surface area contributed by atoms with Crippen LogP contribution in [0.5, 0.6) is 0 Å². The smallest absolute Gasteiger partial charge is 0.238 e. The van der Waals surface area contributed by atoms with Gasteiger partial charge in [0.15, 0.2) is 0 Å². The SMILES string of the molecule is CCCS(=O)(=O)N[C@@H](Cc1ccccc1)C(=O)NCc1ccco1. The van der Waals surface area contributed by atoms with Crippen molar-refractivity contribution in [1.29, 1.82) is 0 Å². The van der Waals surface area contributed by atoms with Crippen LogP contribution in [0.3, 0.4) is 0 Å². The average Bonchev–Trinajstić information content (AvgIpc) is 3.06. The first-order valence-corrected chi connectivity index (χ1v) is 9.49. The highest BCUT2D eigenvalue weighted by Gasteiger charge is 2.24. The van der Waals surface area contributed by atoms with E-state index in [1.807, 2.05) is 30.3 Å². The lowest BCUT2D eigenvalue weighted by Gasteiger charge is -2.18. The fraction of sp³-hybridized carbons (Fsp3) is 0.353. The van der Waals surface area contributed by atoms with E-state index < -0.39 is 16.1 Å². The minimum absolute atomic E-state index is 0.0102. The van der Waals surface area contributed by atoms with E-state index >= 15 is 0 Å². The number of hydrogen-bond donors (Lipinski definition) is 2. The van der Waals surface area contributed by atoms with Gasteiger partial charge in [-0.3, -0.25) is 4.79 Å². The van der Waals surface area contributed by atoms with Crippen LogP contribution in [-0.2, 0) is 27.8 Å². The molecule has 7 heteroatoms. The van der Waals surface area contributed by atoms with Crippen molar-refractivity contribution in [2.45, 2.75) is 32.4 Å². The molecule has 1 atom stereocenters. The van der Waals surface area contributed by atoms with Gasteiger partial charge in [0.25, 0.3) is 0 Å². The zero-order chi connectivity index (χ0) is 17.4. The third-order valence-corrected chi connectivity index (χ3v) is 5.00. The molecule has 2 rings (SSSR count). The van der Waals surface area contributed by atoms with Crippen LogP contribution in [0.4, 0.5) is 0 Å². The van der Waals surface area contributed by atoms with Crippen LogP contribution in [0.25, 0.3) is 0 Å². The molecular formula is C17H22N2O4S. The summed E-state index contributed by atoms with van der Waals surface area (Å²) in [6, 6.07) is 11.9. The first kappa shape index (κ1) is 18.2. The molecule has 6 nitrogen and oxygen atoms in total. The van der Waals surface area contributed by atoms with Gasteiger partial charge in [0.1, 0.15) is 11.8 Å². The van der Waals surface area contributed by atoms with Gasteiger partial charge in [0.05, 0.1) is 18.6 Å². The lowest BCUT2D eigenvalue weighted by molar-refractivity contribution is -0.122. The number of carbonyl (C=O) groups excluding carboxylic acids is 1. The molecule has 2 aromatic rings. The third-order valence-electron chi connectivity index (χ3n) is 3.41. The summed E-state index contributed by atoms with van der Waals surface area (Å²) in [6.07, 6.45) is 2.29. The molecule has 0 aliphatic heterocycles. The highest BCUT2D eigenvalue weighted by molar-refractivity contribution is 7.89. The van der Waals surface area contributed by atoms with E-state index in [0.717, 1.165) is 5.56 Å². The molecule has 0 bridgehead atoms. The molecule has 0 aliphatic carbocycles. The minimum Gasteiger partial charge on any atom is -0.467 e. The Morgan fingerprint density at radius 1 is 1.17 bits per heavy atom. The van der Waals surface area contributed by atoms with E-state index in [1.54, 1.807) is 19.1 Å². The normalized spacial score (nSPS) is 12.7. The van der Waals surface area contributed by atoms with Crippen molar-refractivity contribution in [2.24, 2.45) is 0 Å². The lowest BCUT2D eigenvalue weighted by Crippen LogP contribution is -2.48. The molecule has 2 N–H and O–H groups in total. The lowest BCUT2D eigenvalue weighted by atomic mass is 10.1. The van der Waals surface area contributed by atoms with E-state index in [4.69, 9.17) is 4.42 Å². The number of furan rings is 1. The molecule has 1 aromatic heterocycles. The van der Waals surface area contributed by atoms with Gasteiger partial charge in [-0.15, -0.1) is 0 Å². The van der Waals surface area contributed by atoms with Crippen LogP contribution in [0.1, 0.15) is 24.7 Å². The molecule has 24 heavy (non-hydrogen) atoms. The Morgan fingerprint density at radius 3 is 2.54 bits per heavy atom. The Morgan fingerprint density at radius 2 is 1.92 bits per heavy atom. The molecule has 0 spiro atoms. The van der Waals surface area contributed by atoms with Gasteiger partial charge in [0, 0.05) is 0 Å². The number of carbonyl (C=O) groups is 1. The zero-order valence-electron chi connectivity index (χ0n) is 13.6. The molecule has 0 saturated heterocycles. The topological polar surface area (TPSA) is 88.4 Å². The van der Waals surface area contributed by atoms with Crippen LogP contribution >= 0.6 is 0 Å². The third kappa shape index (κ3) is 5.82. The molecule has 0 radical (unpaired) electrons. The van der Waals surface area contributed by atoms with E-state index in [0.29, 0.717) is 12.2 Å². The summed E-state index contributed by atoms with van der Waals surface area (Å²) in [4.78, 5) is 12.4. The maximum Gasteiger partial charge on any atom is 0.238 e. The van der Waals surface area contributed by atoms with Gasteiger partial charge >= 0.3 is 0 Å². The van der Waals surface area contributed by atoms with E-state index in [9.17, 15) is 13.2 Å². The second-order valence-electron chi connectivity index (χ2n) is 5.48. The molecule has 1 aromatic carbocycles. The van der Waals surface area contributed by atoms with Crippen molar-refractivity contribution >= 4 is 15.9 Å². The van der Waals surface area contributed by atoms with Crippen molar-refractivity contribution < 1.29 is 17.6 Å². The van der Waals surface area contributed by atoms with E-state index in [-0.39, 0.29) is 24.6 Å². The molecule has 0 saturated carbocycles. The Kier molecular flexibility index (Phi) is 6.57. The average molecular weight is 350 g/mol. The van der Waals surface area contributed by atoms with Crippen LogP contribution in [0.15, 0.2) is 53.1 Å². The maximum absolute atomic E-state index is 12.4. The summed E-state index contributed by atoms with van der Waals surface area (Å²) in [7, 11) is -3.50. The number of nitrogens with one attached hydrogen (secondary N) is 2. The first-order chi connectivity index (χ1) is 11.5. The minimum atomic E-state index is -3.50. The highest BCUT2D eigenvalue weighted by Crippen LogP contribution is 2.06. The van der Waals surface area contributed by atoms with E-state index in [2.05, 4.69) is 10.0 Å². The zero-order valence-corrected chi connectivity index (χ0v) is 14.4. The summed E-state index contributed by atoms with van der Waals surface area (Å²) < 4.78 is 31.8. The quantitative estimate of drug-likeness (QED) is 0.722. The standard InChI is InChI=1S/C17H22N2O4S/c1-2-11-24(21,22)19-16(12-14-7-4-3-5-8-14)17(20)18-13-15-9-6-10-23-15/h3-10,16,19H,2,11-13H2,1H3,(H,18,20)/t16-/m0/s1. The molecule has 1 amide bonds. The fourth-order valence-corrected chi connectivity index (χ4v) is 3.57. The van der Waals surface area contributed by atoms with Gasteiger partial charge < -0.3 is 9.73 Å². The van der Waals surface area contributed by atoms with Gasteiger partial charge in [-0.2, -0.15) is 0 Å². The van der Waals surface area contributed by atoms with Crippen molar-refractivity contribution in [3.05, 3.63) is 60.1 Å². The van der Waals surface area contributed by atoms with Crippen molar-refractivity contribution in [3.8, 4) is 0 Å². The largest absolute Gasteiger partial charge is 0.467 e. The van der Waals surface area contributed by atoms with Crippen molar-refractivity contribution in [3.63, 3.8) is 0 Å². The van der Waals surface area contributed by atoms with Gasteiger partial charge in [-0.05, 0) is 30.5 Å². The Bertz CT molecular complexity index is 727. The predicted octanol–water partition coefficient (Wildman–Crippen LogP) is 1.84. The van der Waals surface area contributed by atoms with Crippen LogP contribution < -0.4 is 10.0 Å². The number of hydrogen-bond acceptors (Lipinski definition) is 4. The van der Waals surface area contributed by atoms with Crippen LogP contribution in [0.2, 0.25) is 0 Å². The Hall–Kier alpha value is -2.12. The fourth-order valence-electron chi connectivity index (χ4n) is 2.29.